The molecule has 2 aromatic rings. The second-order valence-corrected chi connectivity index (χ2v) is 5.75. The average Bonchev–Trinajstić information content (AvgIpc) is 2.92. The lowest BCUT2D eigenvalue weighted by Gasteiger charge is -2.21. The maximum atomic E-state index is 12.3. The highest BCUT2D eigenvalue weighted by Gasteiger charge is 2.22. The number of rotatable bonds is 3. The van der Waals surface area contributed by atoms with Crippen molar-refractivity contribution < 1.29 is 9.21 Å². The van der Waals surface area contributed by atoms with E-state index in [1.807, 2.05) is 0 Å². The van der Waals surface area contributed by atoms with Gasteiger partial charge in [-0.2, -0.15) is 0 Å². The van der Waals surface area contributed by atoms with Crippen molar-refractivity contribution in [2.45, 2.75) is 25.7 Å². The van der Waals surface area contributed by atoms with Gasteiger partial charge in [0.1, 0.15) is 11.3 Å². The van der Waals surface area contributed by atoms with E-state index in [0.29, 0.717) is 17.1 Å². The van der Waals surface area contributed by atoms with Gasteiger partial charge < -0.3 is 15.1 Å². The van der Waals surface area contributed by atoms with Crippen molar-refractivity contribution in [2.24, 2.45) is 7.05 Å². The molecule has 1 saturated heterocycles. The van der Waals surface area contributed by atoms with Crippen LogP contribution >= 0.6 is 12.4 Å². The minimum absolute atomic E-state index is 0. The van der Waals surface area contributed by atoms with Crippen molar-refractivity contribution >= 4 is 24.1 Å². The summed E-state index contributed by atoms with van der Waals surface area (Å²) < 4.78 is 6.87. The highest BCUT2D eigenvalue weighted by atomic mass is 35.5. The minimum Gasteiger partial charge on any atom is -0.427 e. The van der Waals surface area contributed by atoms with Crippen molar-refractivity contribution in [3.05, 3.63) is 39.6 Å². The Morgan fingerprint density at radius 3 is 2.71 bits per heavy atom. The first kappa shape index (κ1) is 18.2. The van der Waals surface area contributed by atoms with Crippen LogP contribution in [-0.4, -0.2) is 34.0 Å². The number of aryl methyl sites for hydroxylation is 2. The molecule has 130 valence electrons. The third-order valence-electron chi connectivity index (χ3n) is 3.98. The van der Waals surface area contributed by atoms with Crippen LogP contribution in [-0.2, 0) is 7.05 Å². The number of halogens is 1. The lowest BCUT2D eigenvalue weighted by atomic mass is 9.94. The van der Waals surface area contributed by atoms with Gasteiger partial charge in [-0.15, -0.1) is 17.5 Å². The lowest BCUT2D eigenvalue weighted by molar-refractivity contribution is 0.102. The van der Waals surface area contributed by atoms with Crippen molar-refractivity contribution in [3.8, 4) is 0 Å². The molecule has 1 amide bonds. The highest BCUT2D eigenvalue weighted by Crippen LogP contribution is 2.25. The zero-order valence-electron chi connectivity index (χ0n) is 13.5. The monoisotopic (exact) mass is 353 g/mol. The van der Waals surface area contributed by atoms with E-state index >= 15 is 0 Å². The maximum Gasteiger partial charge on any atom is 0.349 e. The first-order chi connectivity index (χ1) is 11.0. The van der Waals surface area contributed by atoms with Crippen LogP contribution in [0.1, 0.15) is 40.4 Å². The smallest absolute Gasteiger partial charge is 0.349 e. The zero-order chi connectivity index (χ0) is 16.4. The van der Waals surface area contributed by atoms with E-state index in [1.54, 1.807) is 26.2 Å². The van der Waals surface area contributed by atoms with E-state index in [0.717, 1.165) is 25.9 Å². The maximum absolute atomic E-state index is 12.3. The molecule has 2 N–H and O–H groups in total. The minimum atomic E-state index is -0.611. The molecule has 0 bridgehead atoms. The van der Waals surface area contributed by atoms with Gasteiger partial charge >= 0.3 is 5.63 Å². The Morgan fingerprint density at radius 1 is 1.42 bits per heavy atom. The molecular formula is C15H20ClN5O3. The van der Waals surface area contributed by atoms with Gasteiger partial charge in [-0.05, 0) is 44.5 Å². The summed E-state index contributed by atoms with van der Waals surface area (Å²) in [6, 6.07) is 1.79. The summed E-state index contributed by atoms with van der Waals surface area (Å²) in [5, 5.41) is 13.3. The number of aromatic nitrogens is 3. The summed E-state index contributed by atoms with van der Waals surface area (Å²) in [5.74, 6) is 0.636. The highest BCUT2D eigenvalue weighted by molar-refractivity contribution is 6.04. The molecule has 0 unspecified atom stereocenters. The first-order valence-electron chi connectivity index (χ1n) is 7.57. The third kappa shape index (κ3) is 3.82. The van der Waals surface area contributed by atoms with Gasteiger partial charge in [0.2, 0.25) is 0 Å². The van der Waals surface area contributed by atoms with Crippen LogP contribution in [0, 0.1) is 6.92 Å². The molecule has 1 fully saturated rings. The van der Waals surface area contributed by atoms with Gasteiger partial charge in [0.25, 0.3) is 5.91 Å². The summed E-state index contributed by atoms with van der Waals surface area (Å²) in [7, 11) is 1.69. The van der Waals surface area contributed by atoms with Crippen LogP contribution in [0.15, 0.2) is 21.5 Å². The Hall–Kier alpha value is -2.19. The third-order valence-corrected chi connectivity index (χ3v) is 3.98. The molecule has 0 saturated carbocycles. The number of amides is 1. The molecule has 0 spiro atoms. The molecule has 3 rings (SSSR count). The van der Waals surface area contributed by atoms with Crippen molar-refractivity contribution in [1.82, 2.24) is 20.3 Å². The molecule has 0 radical (unpaired) electrons. The number of anilines is 1. The molecule has 0 aromatic carbocycles. The molecule has 0 atom stereocenters. The molecule has 1 aliphatic heterocycles. The van der Waals surface area contributed by atoms with Crippen molar-refractivity contribution in [2.75, 3.05) is 18.4 Å². The van der Waals surface area contributed by atoms with Crippen LogP contribution in [0.25, 0.3) is 0 Å². The number of nitrogens with one attached hydrogen (secondary N) is 2. The van der Waals surface area contributed by atoms with Gasteiger partial charge in [-0.1, -0.05) is 5.21 Å². The number of carbonyl (C=O) groups excluding carboxylic acids is 1. The van der Waals surface area contributed by atoms with E-state index in [-0.39, 0.29) is 23.9 Å². The van der Waals surface area contributed by atoms with Crippen molar-refractivity contribution in [1.29, 1.82) is 0 Å². The standard InChI is InChI=1S/C15H19N5O3.ClH/c1-9-7-11(10-3-5-16-6-4-10)23-15(22)13(9)14(21)17-12-8-20(2)19-18-12;/h7-8,10,16H,3-6H2,1-2H3,(H,17,21);1H. The van der Waals surface area contributed by atoms with Gasteiger partial charge in [0, 0.05) is 13.0 Å². The first-order valence-corrected chi connectivity index (χ1v) is 7.57. The quantitative estimate of drug-likeness (QED) is 0.860. The molecule has 3 heterocycles. The fourth-order valence-electron chi connectivity index (χ4n) is 2.80. The Bertz CT molecular complexity index is 780. The number of nitrogens with zero attached hydrogens (tertiary/aromatic N) is 3. The predicted molar refractivity (Wildman–Crippen MR) is 90.8 cm³/mol. The molecule has 24 heavy (non-hydrogen) atoms. The number of carbonyl (C=O) groups is 1. The lowest BCUT2D eigenvalue weighted by Crippen LogP contribution is -2.28. The Morgan fingerprint density at radius 2 is 2.12 bits per heavy atom. The van der Waals surface area contributed by atoms with Crippen LogP contribution < -0.4 is 16.3 Å². The molecule has 1 aliphatic rings. The SMILES string of the molecule is Cc1cc(C2CCNCC2)oc(=O)c1C(=O)Nc1cn(C)nn1.Cl. The summed E-state index contributed by atoms with van der Waals surface area (Å²) in [5.41, 5.74) is 0.00411. The van der Waals surface area contributed by atoms with Crippen LogP contribution in [0.2, 0.25) is 0 Å². The topological polar surface area (TPSA) is 102 Å². The van der Waals surface area contributed by atoms with Gasteiger partial charge in [-0.3, -0.25) is 9.48 Å². The largest absolute Gasteiger partial charge is 0.427 e. The summed E-state index contributed by atoms with van der Waals surface area (Å²) in [6.45, 7) is 3.55. The normalized spacial score (nSPS) is 14.9. The van der Waals surface area contributed by atoms with E-state index in [2.05, 4.69) is 20.9 Å². The summed E-state index contributed by atoms with van der Waals surface area (Å²) in [6.07, 6.45) is 3.40. The number of hydrogen-bond acceptors (Lipinski definition) is 6. The van der Waals surface area contributed by atoms with E-state index in [4.69, 9.17) is 4.42 Å². The van der Waals surface area contributed by atoms with E-state index < -0.39 is 11.5 Å². The van der Waals surface area contributed by atoms with Gasteiger partial charge in [0.15, 0.2) is 5.82 Å². The molecule has 2 aromatic heterocycles. The van der Waals surface area contributed by atoms with Crippen molar-refractivity contribution in [3.63, 3.8) is 0 Å². The fraction of sp³-hybridized carbons (Fsp3) is 0.467. The Kier molecular flexibility index (Phi) is 5.74. The fourth-order valence-corrected chi connectivity index (χ4v) is 2.80. The molecule has 8 nitrogen and oxygen atoms in total. The molecule has 0 aliphatic carbocycles. The van der Waals surface area contributed by atoms with Crippen LogP contribution in [0.5, 0.6) is 0 Å². The number of hydrogen-bond donors (Lipinski definition) is 2. The summed E-state index contributed by atoms with van der Waals surface area (Å²) >= 11 is 0. The Balaban J connectivity index is 0.00000208. The van der Waals surface area contributed by atoms with Crippen LogP contribution in [0.3, 0.4) is 0 Å². The van der Waals surface area contributed by atoms with E-state index in [1.165, 1.54) is 4.68 Å². The summed E-state index contributed by atoms with van der Waals surface area (Å²) in [4.78, 5) is 24.6. The van der Waals surface area contributed by atoms with Crippen LogP contribution in [0.4, 0.5) is 5.82 Å². The molecule has 9 heteroatoms. The van der Waals surface area contributed by atoms with Gasteiger partial charge in [-0.25, -0.2) is 4.79 Å². The van der Waals surface area contributed by atoms with Gasteiger partial charge in [0.05, 0.1) is 6.20 Å². The molecular weight excluding hydrogens is 334 g/mol. The predicted octanol–water partition coefficient (Wildman–Crippen LogP) is 1.22. The van der Waals surface area contributed by atoms with E-state index in [9.17, 15) is 9.59 Å². The number of piperidine rings is 1. The Labute approximate surface area is 145 Å². The average molecular weight is 354 g/mol. The zero-order valence-corrected chi connectivity index (χ0v) is 14.4. The second-order valence-electron chi connectivity index (χ2n) is 5.75. The second kappa shape index (κ2) is 7.59.